The largest absolute Gasteiger partial charge is 0.493 e. The van der Waals surface area contributed by atoms with E-state index in [1.165, 1.54) is 5.57 Å². The lowest BCUT2D eigenvalue weighted by Crippen LogP contribution is -2.48. The molecule has 1 aromatic carbocycles. The second kappa shape index (κ2) is 6.85. The first kappa shape index (κ1) is 16.8. The second-order valence-corrected chi connectivity index (χ2v) is 7.08. The number of hydrogen-bond donors (Lipinski definition) is 0. The van der Waals surface area contributed by atoms with Gasteiger partial charge in [-0.2, -0.15) is 0 Å². The average molecular weight is 322 g/mol. The van der Waals surface area contributed by atoms with Crippen LogP contribution in [0, 0.1) is 23.2 Å². The van der Waals surface area contributed by atoms with Crippen LogP contribution < -0.4 is 0 Å². The van der Waals surface area contributed by atoms with Crippen LogP contribution in [0.2, 0.25) is 0 Å². The van der Waals surface area contributed by atoms with Crippen LogP contribution in [0.15, 0.2) is 36.1 Å². The molecule has 0 bridgehead atoms. The van der Waals surface area contributed by atoms with Crippen molar-refractivity contribution in [2.24, 2.45) is 11.3 Å². The molecule has 0 saturated heterocycles. The number of carbonyl (C=O) groups excluding carboxylic acids is 1. The molecule has 1 fully saturated rings. The summed E-state index contributed by atoms with van der Waals surface area (Å²) in [6.45, 7) is 6.20. The van der Waals surface area contributed by atoms with E-state index in [-0.39, 0.29) is 17.8 Å². The predicted octanol–water partition coefficient (Wildman–Crippen LogP) is 5.00. The van der Waals surface area contributed by atoms with Crippen molar-refractivity contribution in [3.8, 4) is 11.8 Å². The van der Waals surface area contributed by atoms with Crippen molar-refractivity contribution < 1.29 is 9.53 Å². The van der Waals surface area contributed by atoms with Gasteiger partial charge < -0.3 is 4.74 Å². The summed E-state index contributed by atoms with van der Waals surface area (Å²) in [5.41, 5.74) is 1.65. The summed E-state index contributed by atoms with van der Waals surface area (Å²) in [5, 5.41) is 0. The summed E-state index contributed by atoms with van der Waals surface area (Å²) >= 11 is 0. The Hall–Kier alpha value is -2.01. The van der Waals surface area contributed by atoms with Crippen molar-refractivity contribution in [2.45, 2.75) is 59.0 Å². The fourth-order valence-electron chi connectivity index (χ4n) is 3.73. The number of fused-ring (bicyclic) bond motifs is 1. The highest BCUT2D eigenvalue weighted by Gasteiger charge is 2.62. The van der Waals surface area contributed by atoms with Crippen LogP contribution in [0.3, 0.4) is 0 Å². The Bertz CT molecular complexity index is 702. The molecular weight excluding hydrogens is 296 g/mol. The van der Waals surface area contributed by atoms with Gasteiger partial charge in [-0.05, 0) is 37.8 Å². The van der Waals surface area contributed by atoms with Crippen molar-refractivity contribution >= 4 is 11.4 Å². The zero-order chi connectivity index (χ0) is 17.2. The zero-order valence-corrected chi connectivity index (χ0v) is 14.9. The van der Waals surface area contributed by atoms with Gasteiger partial charge in [-0.25, -0.2) is 0 Å². The van der Waals surface area contributed by atoms with Gasteiger partial charge in [0.2, 0.25) is 0 Å². The number of unbranched alkanes of at least 4 members (excludes halogenated alkanes) is 2. The molecule has 1 aromatic rings. The lowest BCUT2D eigenvalue weighted by atomic mass is 9.60. The molecule has 2 aliphatic carbocycles. The Labute approximate surface area is 145 Å². The minimum atomic E-state index is -0.677. The predicted molar refractivity (Wildman–Crippen MR) is 97.0 cm³/mol. The lowest BCUT2D eigenvalue weighted by Gasteiger charge is -2.40. The second-order valence-electron chi connectivity index (χ2n) is 7.08. The number of Topliss-reactive ketones (excluding diaryl/α,β-unsaturated/α-hetero) is 1. The summed E-state index contributed by atoms with van der Waals surface area (Å²) in [6, 6.07) is 10.3. The summed E-state index contributed by atoms with van der Waals surface area (Å²) < 4.78 is 6.20. The third kappa shape index (κ3) is 2.77. The Morgan fingerprint density at radius 1 is 1.25 bits per heavy atom. The molecule has 2 nitrogen and oxygen atoms in total. The molecule has 2 heteroatoms. The van der Waals surface area contributed by atoms with Gasteiger partial charge in [-0.3, -0.25) is 4.79 Å². The SMILES string of the molecule is CCCCC#C[C@@]12C(=O)C[C@@H]1CC(c1ccccc1)=C2OC(C)C. The first-order chi connectivity index (χ1) is 11.6. The first-order valence-electron chi connectivity index (χ1n) is 9.08. The van der Waals surface area contributed by atoms with Crippen molar-refractivity contribution in [2.75, 3.05) is 0 Å². The quantitative estimate of drug-likeness (QED) is 0.563. The number of ether oxygens (including phenoxy) is 1. The molecule has 2 atom stereocenters. The van der Waals surface area contributed by atoms with Crippen LogP contribution in [-0.2, 0) is 9.53 Å². The van der Waals surface area contributed by atoms with Crippen LogP contribution >= 0.6 is 0 Å². The zero-order valence-electron chi connectivity index (χ0n) is 14.9. The van der Waals surface area contributed by atoms with Gasteiger partial charge in [-0.1, -0.05) is 49.6 Å². The van der Waals surface area contributed by atoms with E-state index in [1.54, 1.807) is 0 Å². The van der Waals surface area contributed by atoms with Gasteiger partial charge >= 0.3 is 0 Å². The third-order valence-corrected chi connectivity index (χ3v) is 4.98. The molecule has 0 N–H and O–H groups in total. The molecule has 2 aliphatic rings. The molecule has 24 heavy (non-hydrogen) atoms. The Morgan fingerprint density at radius 3 is 2.62 bits per heavy atom. The highest BCUT2D eigenvalue weighted by atomic mass is 16.5. The summed E-state index contributed by atoms with van der Waals surface area (Å²) in [6.07, 6.45) is 4.62. The average Bonchev–Trinajstić information content (AvgIpc) is 2.81. The van der Waals surface area contributed by atoms with Gasteiger partial charge in [0.25, 0.3) is 0 Å². The molecule has 0 heterocycles. The normalized spacial score (nSPS) is 25.2. The number of hydrogen-bond acceptors (Lipinski definition) is 2. The maximum Gasteiger partial charge on any atom is 0.159 e. The molecule has 126 valence electrons. The smallest absolute Gasteiger partial charge is 0.159 e. The van der Waals surface area contributed by atoms with E-state index in [4.69, 9.17) is 4.74 Å². The van der Waals surface area contributed by atoms with E-state index < -0.39 is 5.41 Å². The number of benzene rings is 1. The fraction of sp³-hybridized carbons (Fsp3) is 0.500. The van der Waals surface area contributed by atoms with Gasteiger partial charge in [-0.15, -0.1) is 5.92 Å². The van der Waals surface area contributed by atoms with Crippen LogP contribution in [0.1, 0.15) is 58.4 Å². The van der Waals surface area contributed by atoms with Gasteiger partial charge in [0.05, 0.1) is 6.10 Å². The fourth-order valence-corrected chi connectivity index (χ4v) is 3.73. The van der Waals surface area contributed by atoms with Crippen molar-refractivity contribution in [1.82, 2.24) is 0 Å². The van der Waals surface area contributed by atoms with E-state index in [0.29, 0.717) is 6.42 Å². The molecule has 3 rings (SSSR count). The third-order valence-electron chi connectivity index (χ3n) is 4.98. The number of rotatable bonds is 5. The Balaban J connectivity index is 2.04. The van der Waals surface area contributed by atoms with Gasteiger partial charge in [0.1, 0.15) is 5.76 Å². The van der Waals surface area contributed by atoms with E-state index in [1.807, 2.05) is 32.0 Å². The van der Waals surface area contributed by atoms with Crippen LogP contribution in [0.25, 0.3) is 5.57 Å². The van der Waals surface area contributed by atoms with Crippen LogP contribution in [0.4, 0.5) is 0 Å². The van der Waals surface area contributed by atoms with Gasteiger partial charge in [0, 0.05) is 18.8 Å². The highest BCUT2D eigenvalue weighted by Crippen LogP contribution is 2.60. The van der Waals surface area contributed by atoms with Crippen LogP contribution in [0.5, 0.6) is 0 Å². The Kier molecular flexibility index (Phi) is 4.81. The Morgan fingerprint density at radius 2 is 2.00 bits per heavy atom. The topological polar surface area (TPSA) is 26.3 Å². The van der Waals surface area contributed by atoms with E-state index in [2.05, 4.69) is 30.9 Å². The van der Waals surface area contributed by atoms with Crippen LogP contribution in [-0.4, -0.2) is 11.9 Å². The van der Waals surface area contributed by atoms with Gasteiger partial charge in [0.15, 0.2) is 11.2 Å². The molecule has 1 saturated carbocycles. The first-order valence-corrected chi connectivity index (χ1v) is 9.08. The molecule has 0 aliphatic heterocycles. The van der Waals surface area contributed by atoms with Crippen molar-refractivity contribution in [3.05, 3.63) is 41.7 Å². The maximum atomic E-state index is 12.6. The van der Waals surface area contributed by atoms with Crippen molar-refractivity contribution in [3.63, 3.8) is 0 Å². The molecule has 0 spiro atoms. The number of ketones is 1. The summed E-state index contributed by atoms with van der Waals surface area (Å²) in [5.74, 6) is 7.97. The molecule has 0 amide bonds. The van der Waals surface area contributed by atoms with E-state index in [9.17, 15) is 4.79 Å². The number of carbonyl (C=O) groups is 1. The molecule has 0 aromatic heterocycles. The maximum absolute atomic E-state index is 12.6. The molecule has 0 unspecified atom stereocenters. The molecular formula is C22H26O2. The van der Waals surface area contributed by atoms with E-state index in [0.717, 1.165) is 37.0 Å². The van der Waals surface area contributed by atoms with E-state index >= 15 is 0 Å². The summed E-state index contributed by atoms with van der Waals surface area (Å²) in [7, 11) is 0. The lowest BCUT2D eigenvalue weighted by molar-refractivity contribution is -0.139. The summed E-state index contributed by atoms with van der Waals surface area (Å²) in [4.78, 5) is 12.6. The standard InChI is InChI=1S/C22H26O2/c1-4-5-6-10-13-22-18(15-20(22)23)14-19(21(22)24-16(2)3)17-11-8-7-9-12-17/h7-9,11-12,16,18H,4-6,14-15H2,1-3H3/t18-,22-/m0/s1. The minimum absolute atomic E-state index is 0.0418. The minimum Gasteiger partial charge on any atom is -0.493 e. The van der Waals surface area contributed by atoms with Crippen molar-refractivity contribution in [1.29, 1.82) is 0 Å². The number of allylic oxidation sites excluding steroid dienone is 2. The molecule has 0 radical (unpaired) electrons. The monoisotopic (exact) mass is 322 g/mol. The highest BCUT2D eigenvalue weighted by molar-refractivity contribution is 6.02.